The Hall–Kier alpha value is -0.770. The van der Waals surface area contributed by atoms with Crippen molar-refractivity contribution in [3.05, 3.63) is 22.4 Å². The van der Waals surface area contributed by atoms with E-state index in [-0.39, 0.29) is 5.91 Å². The second-order valence-electron chi connectivity index (χ2n) is 4.83. The van der Waals surface area contributed by atoms with Gasteiger partial charge in [0, 0.05) is 30.3 Å². The van der Waals surface area contributed by atoms with Crippen LogP contribution in [0.15, 0.2) is 16.7 Å². The first-order chi connectivity index (χ1) is 8.11. The minimum Gasteiger partial charge on any atom is -0.343 e. The molecular weight excluding hydrogens is 280 g/mol. The Morgan fingerprint density at radius 1 is 1.59 bits per heavy atom. The maximum Gasteiger partial charge on any atom is 0.270 e. The number of piperidine rings is 1. The van der Waals surface area contributed by atoms with Crippen molar-refractivity contribution < 1.29 is 4.79 Å². The van der Waals surface area contributed by atoms with E-state index in [2.05, 4.69) is 29.8 Å². The van der Waals surface area contributed by atoms with Crippen LogP contribution in [-0.4, -0.2) is 28.5 Å². The number of aryl methyl sites for hydroxylation is 1. The van der Waals surface area contributed by atoms with Gasteiger partial charge in [-0.1, -0.05) is 6.92 Å². The molecule has 1 unspecified atom stereocenters. The van der Waals surface area contributed by atoms with Crippen molar-refractivity contribution in [2.45, 2.75) is 33.2 Å². The molecule has 1 fully saturated rings. The summed E-state index contributed by atoms with van der Waals surface area (Å²) in [4.78, 5) is 14.4. The van der Waals surface area contributed by atoms with Crippen molar-refractivity contribution in [3.63, 3.8) is 0 Å². The molecule has 2 rings (SSSR count). The van der Waals surface area contributed by atoms with Crippen LogP contribution >= 0.6 is 15.9 Å². The van der Waals surface area contributed by atoms with Crippen LogP contribution in [-0.2, 0) is 6.54 Å². The lowest BCUT2D eigenvalue weighted by Crippen LogP contribution is -2.39. The molecule has 2 heterocycles. The maximum atomic E-state index is 12.4. The Labute approximate surface area is 111 Å². The van der Waals surface area contributed by atoms with E-state index >= 15 is 0 Å². The van der Waals surface area contributed by atoms with Gasteiger partial charge in [0.2, 0.25) is 0 Å². The van der Waals surface area contributed by atoms with E-state index in [1.807, 2.05) is 21.7 Å². The highest BCUT2D eigenvalue weighted by atomic mass is 79.9. The number of nitrogens with zero attached hydrogens (tertiary/aromatic N) is 2. The Kier molecular flexibility index (Phi) is 3.92. The monoisotopic (exact) mass is 298 g/mol. The molecule has 1 aromatic heterocycles. The van der Waals surface area contributed by atoms with Gasteiger partial charge >= 0.3 is 0 Å². The van der Waals surface area contributed by atoms with Gasteiger partial charge in [-0.15, -0.1) is 0 Å². The molecule has 1 atom stereocenters. The Morgan fingerprint density at radius 2 is 2.35 bits per heavy atom. The van der Waals surface area contributed by atoms with Gasteiger partial charge in [-0.25, -0.2) is 0 Å². The predicted octanol–water partition coefficient (Wildman–Crippen LogP) is 3.14. The van der Waals surface area contributed by atoms with E-state index in [0.717, 1.165) is 36.2 Å². The Bertz CT molecular complexity index is 414. The van der Waals surface area contributed by atoms with Crippen LogP contribution in [0.4, 0.5) is 0 Å². The van der Waals surface area contributed by atoms with Gasteiger partial charge < -0.3 is 9.47 Å². The van der Waals surface area contributed by atoms with Crippen molar-refractivity contribution in [2.75, 3.05) is 13.1 Å². The molecule has 0 radical (unpaired) electrons. The summed E-state index contributed by atoms with van der Waals surface area (Å²) in [5, 5.41) is 0. The van der Waals surface area contributed by atoms with Crippen molar-refractivity contribution in [1.82, 2.24) is 9.47 Å². The lowest BCUT2D eigenvalue weighted by molar-refractivity contribution is 0.0672. The fraction of sp³-hybridized carbons (Fsp3) is 0.615. The lowest BCUT2D eigenvalue weighted by atomic mass is 10.00. The highest BCUT2D eigenvalue weighted by molar-refractivity contribution is 9.10. The molecule has 0 bridgehead atoms. The van der Waals surface area contributed by atoms with Crippen LogP contribution in [0, 0.1) is 5.92 Å². The van der Waals surface area contributed by atoms with Crippen LogP contribution in [0.1, 0.15) is 37.2 Å². The van der Waals surface area contributed by atoms with Gasteiger partial charge in [0.05, 0.1) is 0 Å². The number of amides is 1. The molecule has 3 nitrogen and oxygen atoms in total. The van der Waals surface area contributed by atoms with Crippen LogP contribution in [0.25, 0.3) is 0 Å². The summed E-state index contributed by atoms with van der Waals surface area (Å²) in [6.07, 6.45) is 4.34. The highest BCUT2D eigenvalue weighted by Crippen LogP contribution is 2.21. The average Bonchev–Trinajstić information content (AvgIpc) is 2.69. The Balaban J connectivity index is 2.18. The molecule has 1 aliphatic heterocycles. The first-order valence-electron chi connectivity index (χ1n) is 6.26. The van der Waals surface area contributed by atoms with Gasteiger partial charge in [0.15, 0.2) is 0 Å². The third-order valence-electron chi connectivity index (χ3n) is 3.37. The number of rotatable bonds is 2. The molecule has 0 spiro atoms. The van der Waals surface area contributed by atoms with Crippen molar-refractivity contribution >= 4 is 21.8 Å². The second-order valence-corrected chi connectivity index (χ2v) is 5.74. The molecular formula is C13H19BrN2O. The van der Waals surface area contributed by atoms with E-state index in [1.165, 1.54) is 6.42 Å². The summed E-state index contributed by atoms with van der Waals surface area (Å²) in [7, 11) is 0. The molecule has 0 aromatic carbocycles. The van der Waals surface area contributed by atoms with E-state index < -0.39 is 0 Å². The topological polar surface area (TPSA) is 25.2 Å². The number of hydrogen-bond donors (Lipinski definition) is 0. The molecule has 0 saturated carbocycles. The fourth-order valence-electron chi connectivity index (χ4n) is 2.45. The summed E-state index contributed by atoms with van der Waals surface area (Å²) in [5.74, 6) is 0.797. The molecule has 1 aromatic rings. The average molecular weight is 299 g/mol. The molecule has 0 aliphatic carbocycles. The zero-order valence-electron chi connectivity index (χ0n) is 10.4. The standard InChI is InChI=1S/C13H19BrN2O/c1-3-15-9-11(14)7-12(15)13(17)16-6-4-5-10(2)8-16/h7,9-10H,3-6,8H2,1-2H3. The van der Waals surface area contributed by atoms with Crippen molar-refractivity contribution in [3.8, 4) is 0 Å². The Morgan fingerprint density at radius 3 is 3.00 bits per heavy atom. The zero-order chi connectivity index (χ0) is 12.4. The van der Waals surface area contributed by atoms with Crippen LogP contribution in [0.3, 0.4) is 0 Å². The number of carbonyl (C=O) groups excluding carboxylic acids is 1. The summed E-state index contributed by atoms with van der Waals surface area (Å²) >= 11 is 3.44. The predicted molar refractivity (Wildman–Crippen MR) is 72.1 cm³/mol. The van der Waals surface area contributed by atoms with Crippen LogP contribution < -0.4 is 0 Å². The van der Waals surface area contributed by atoms with E-state index in [1.54, 1.807) is 0 Å². The number of carbonyl (C=O) groups is 1. The third kappa shape index (κ3) is 2.73. The number of aromatic nitrogens is 1. The smallest absolute Gasteiger partial charge is 0.270 e. The quantitative estimate of drug-likeness (QED) is 0.823. The van der Waals surface area contributed by atoms with E-state index in [0.29, 0.717) is 5.92 Å². The molecule has 17 heavy (non-hydrogen) atoms. The van der Waals surface area contributed by atoms with Crippen LogP contribution in [0.2, 0.25) is 0 Å². The van der Waals surface area contributed by atoms with E-state index in [9.17, 15) is 4.79 Å². The largest absolute Gasteiger partial charge is 0.343 e. The van der Waals surface area contributed by atoms with Gasteiger partial charge in [0.1, 0.15) is 5.69 Å². The molecule has 1 saturated heterocycles. The van der Waals surface area contributed by atoms with Gasteiger partial charge in [-0.05, 0) is 47.7 Å². The first kappa shape index (κ1) is 12.7. The van der Waals surface area contributed by atoms with Crippen molar-refractivity contribution in [2.24, 2.45) is 5.92 Å². The minimum absolute atomic E-state index is 0.170. The molecule has 1 aliphatic rings. The second kappa shape index (κ2) is 5.25. The normalized spacial score (nSPS) is 20.6. The van der Waals surface area contributed by atoms with Gasteiger partial charge in [-0.2, -0.15) is 0 Å². The zero-order valence-corrected chi connectivity index (χ0v) is 12.0. The highest BCUT2D eigenvalue weighted by Gasteiger charge is 2.24. The summed E-state index contributed by atoms with van der Waals surface area (Å²) in [5.41, 5.74) is 0.800. The first-order valence-corrected chi connectivity index (χ1v) is 7.06. The number of halogens is 1. The maximum absolute atomic E-state index is 12.4. The lowest BCUT2D eigenvalue weighted by Gasteiger charge is -2.31. The summed E-state index contributed by atoms with van der Waals surface area (Å²) < 4.78 is 2.99. The summed E-state index contributed by atoms with van der Waals surface area (Å²) in [6, 6.07) is 1.92. The number of likely N-dealkylation sites (tertiary alicyclic amines) is 1. The molecule has 4 heteroatoms. The molecule has 94 valence electrons. The fourth-order valence-corrected chi connectivity index (χ4v) is 2.92. The number of hydrogen-bond acceptors (Lipinski definition) is 1. The SMILES string of the molecule is CCn1cc(Br)cc1C(=O)N1CCCC(C)C1. The van der Waals surface area contributed by atoms with Crippen molar-refractivity contribution in [1.29, 1.82) is 0 Å². The third-order valence-corrected chi connectivity index (χ3v) is 3.80. The molecule has 0 N–H and O–H groups in total. The molecule has 1 amide bonds. The van der Waals surface area contributed by atoms with Crippen LogP contribution in [0.5, 0.6) is 0 Å². The summed E-state index contributed by atoms with van der Waals surface area (Å²) in [6.45, 7) is 6.90. The van der Waals surface area contributed by atoms with Gasteiger partial charge in [-0.3, -0.25) is 4.79 Å². The van der Waals surface area contributed by atoms with E-state index in [4.69, 9.17) is 0 Å². The minimum atomic E-state index is 0.170. The van der Waals surface area contributed by atoms with Gasteiger partial charge in [0.25, 0.3) is 5.91 Å².